The number of phosphoric acid groups is 2. The number of hydrogen-bond acceptors (Lipinski definition) is 12. The van der Waals surface area contributed by atoms with Crippen LogP contribution in [0.2, 0.25) is 0 Å². The summed E-state index contributed by atoms with van der Waals surface area (Å²) in [6, 6.07) is 0. The van der Waals surface area contributed by atoms with Crippen molar-refractivity contribution in [3.8, 4) is 0 Å². The van der Waals surface area contributed by atoms with Gasteiger partial charge in [-0.15, -0.1) is 0 Å². The summed E-state index contributed by atoms with van der Waals surface area (Å²) in [5.41, 5.74) is 6.07. The third-order valence-corrected chi connectivity index (χ3v) is 6.02. The smallest absolute Gasteiger partial charge is 0.756 e. The minimum absolute atomic E-state index is 0. The molecule has 2 aromatic heterocycles. The van der Waals surface area contributed by atoms with Gasteiger partial charge in [-0.1, -0.05) is 12.8 Å². The van der Waals surface area contributed by atoms with Crippen molar-refractivity contribution in [2.24, 2.45) is 5.73 Å². The number of nitrogens with one attached hydrogen (secondary N) is 1. The number of nitrogens with zero attached hydrogens (tertiary/aromatic N) is 4. The first-order valence-corrected chi connectivity index (χ1v) is 13.4. The molecule has 3 heterocycles. The zero-order valence-electron chi connectivity index (χ0n) is 18.9. The molecule has 3 rings (SSSR count). The molecule has 1 aliphatic rings. The fraction of sp³-hybridized carbons (Fsp3) is 0.688. The summed E-state index contributed by atoms with van der Waals surface area (Å²) in [5, 5.41) is 13.8. The minimum atomic E-state index is -5.18. The van der Waals surface area contributed by atoms with Crippen molar-refractivity contribution in [1.29, 1.82) is 0 Å². The summed E-state index contributed by atoms with van der Waals surface area (Å²) in [7, 11) is -10.3. The molecule has 192 valence electrons. The van der Waals surface area contributed by atoms with Crippen LogP contribution in [0.4, 0.5) is 5.82 Å². The van der Waals surface area contributed by atoms with E-state index >= 15 is 0 Å². The van der Waals surface area contributed by atoms with Gasteiger partial charge in [-0.2, -0.15) is 0 Å². The van der Waals surface area contributed by atoms with E-state index in [-0.39, 0.29) is 24.5 Å². The van der Waals surface area contributed by atoms with Gasteiger partial charge in [0.05, 0.1) is 12.9 Å². The van der Waals surface area contributed by atoms with Gasteiger partial charge in [0.2, 0.25) is 0 Å². The van der Waals surface area contributed by atoms with E-state index in [9.17, 15) is 28.9 Å². The average Bonchev–Trinajstić information content (AvgIpc) is 3.29. The number of aliphatic hydroxyl groups excluding tert-OH is 1. The van der Waals surface area contributed by atoms with Gasteiger partial charge in [-0.05, 0) is 19.4 Å². The molecule has 0 aliphatic carbocycles. The Bertz CT molecular complexity index is 1050. The molecule has 0 saturated carbocycles. The van der Waals surface area contributed by atoms with Crippen LogP contribution in [0, 0.1) is 0 Å². The van der Waals surface area contributed by atoms with E-state index in [1.54, 1.807) is 0 Å². The zero-order chi connectivity index (χ0) is 24.9. The Balaban J connectivity index is 0.00000432. The van der Waals surface area contributed by atoms with Gasteiger partial charge in [0.15, 0.2) is 23.2 Å². The van der Waals surface area contributed by atoms with Crippen LogP contribution in [-0.4, -0.2) is 77.3 Å². The van der Waals surface area contributed by atoms with Crippen LogP contribution >= 0.6 is 15.6 Å². The molecule has 0 spiro atoms. The van der Waals surface area contributed by atoms with Crippen molar-refractivity contribution < 1.29 is 66.5 Å². The van der Waals surface area contributed by atoms with E-state index in [2.05, 4.69) is 29.3 Å². The molecule has 2 aromatic rings. The Morgan fingerprint density at radius 1 is 1.17 bits per heavy atom. The van der Waals surface area contributed by atoms with Crippen molar-refractivity contribution in [2.75, 3.05) is 25.0 Å². The van der Waals surface area contributed by atoms with Crippen molar-refractivity contribution in [3.63, 3.8) is 0 Å². The second-order valence-electron chi connectivity index (χ2n) is 7.56. The largest absolute Gasteiger partial charge is 1.00 e. The summed E-state index contributed by atoms with van der Waals surface area (Å²) < 4.78 is 38.0. The predicted molar refractivity (Wildman–Crippen MR) is 114 cm³/mol. The molecule has 19 heteroatoms. The first-order valence-electron chi connectivity index (χ1n) is 10.4. The van der Waals surface area contributed by atoms with Gasteiger partial charge in [0.1, 0.15) is 24.6 Å². The Morgan fingerprint density at radius 2 is 1.89 bits per heavy atom. The van der Waals surface area contributed by atoms with Crippen LogP contribution in [-0.2, 0) is 22.9 Å². The summed E-state index contributed by atoms with van der Waals surface area (Å²) in [4.78, 5) is 50.7. The minimum Gasteiger partial charge on any atom is -0.756 e. The molecule has 1 unspecified atom stereocenters. The van der Waals surface area contributed by atoms with E-state index in [1.807, 2.05) is 0 Å². The molecule has 5 atom stereocenters. The number of nitrogens with two attached hydrogens (primary N) is 1. The summed E-state index contributed by atoms with van der Waals surface area (Å²) >= 11 is 0. The molecule has 7 N–H and O–H groups in total. The van der Waals surface area contributed by atoms with Gasteiger partial charge in [-0.25, -0.2) is 19.5 Å². The van der Waals surface area contributed by atoms with E-state index in [1.165, 1.54) is 17.2 Å². The molecule has 16 nitrogen and oxygen atoms in total. The zero-order valence-corrected chi connectivity index (χ0v) is 20.7. The first-order chi connectivity index (χ1) is 16.0. The number of ether oxygens (including phenoxy) is 1. The van der Waals surface area contributed by atoms with Crippen LogP contribution in [0.25, 0.3) is 11.2 Å². The quantitative estimate of drug-likeness (QED) is 0.0817. The number of unbranched alkanes of at least 4 members (excludes halogenated alkanes) is 3. The monoisotopic (exact) mass is 532 g/mol. The van der Waals surface area contributed by atoms with Crippen LogP contribution in [0.3, 0.4) is 0 Å². The number of fused-ring (bicyclic) bond motifs is 1. The molecule has 1 saturated heterocycles. The van der Waals surface area contributed by atoms with Crippen molar-refractivity contribution in [2.45, 2.75) is 50.2 Å². The molecule has 0 bridgehead atoms. The number of rotatable bonds is 13. The van der Waals surface area contributed by atoms with E-state index in [0.29, 0.717) is 24.4 Å². The third-order valence-electron chi connectivity index (χ3n) is 5.03. The van der Waals surface area contributed by atoms with Crippen molar-refractivity contribution in [3.05, 3.63) is 12.7 Å². The first kappa shape index (κ1) is 30.3. The van der Waals surface area contributed by atoms with Gasteiger partial charge in [-0.3, -0.25) is 13.7 Å². The van der Waals surface area contributed by atoms with Gasteiger partial charge in [0.25, 0.3) is 7.82 Å². The fourth-order valence-corrected chi connectivity index (χ4v) is 4.45. The molecule has 1 fully saturated rings. The van der Waals surface area contributed by atoms with Gasteiger partial charge < -0.3 is 45.0 Å². The van der Waals surface area contributed by atoms with Crippen LogP contribution in [0.5, 0.6) is 0 Å². The van der Waals surface area contributed by atoms with Crippen molar-refractivity contribution in [1.82, 2.24) is 19.5 Å². The van der Waals surface area contributed by atoms with Gasteiger partial charge >= 0.3 is 26.7 Å². The third kappa shape index (κ3) is 8.55. The topological polar surface area (TPSA) is 247 Å². The maximum absolute atomic E-state index is 11.4. The van der Waals surface area contributed by atoms with E-state index in [4.69, 9.17) is 15.4 Å². The number of aliphatic hydroxyl groups is 1. The summed E-state index contributed by atoms with van der Waals surface area (Å²) in [6.45, 7) is 0.407. The van der Waals surface area contributed by atoms with Crippen LogP contribution in [0.1, 0.15) is 31.9 Å². The van der Waals surface area contributed by atoms with E-state index in [0.717, 1.165) is 25.7 Å². The Hall–Kier alpha value is -0.953. The molecule has 1 aliphatic heterocycles. The number of anilines is 1. The maximum Gasteiger partial charge on any atom is 1.00 e. The van der Waals surface area contributed by atoms with Gasteiger partial charge in [0, 0.05) is 6.54 Å². The molecule has 0 radical (unpaired) electrons. The second-order valence-corrected chi connectivity index (χ2v) is 9.94. The number of phosphoric ester groups is 2. The van der Waals surface area contributed by atoms with E-state index < -0.39 is 46.8 Å². The molecular formula is C16H27LiN6O10P2. The Morgan fingerprint density at radius 3 is 2.54 bits per heavy atom. The second kappa shape index (κ2) is 13.0. The summed E-state index contributed by atoms with van der Waals surface area (Å²) in [6.07, 6.45) is 0.229. The Kier molecular flexibility index (Phi) is 11.3. The number of imidazole rings is 1. The number of hydrogen-bond donors (Lipinski definition) is 6. The SMILES string of the molecule is NCCCCCCNc1ncnc2c1ncn2[C@@H]1O[C@H](COP(=O)([O-])O)[C@@H](OP(=O)(O)O)[C@H]1O.[Li+]. The Labute approximate surface area is 212 Å². The van der Waals surface area contributed by atoms with Crippen molar-refractivity contribution >= 4 is 32.6 Å². The summed E-state index contributed by atoms with van der Waals surface area (Å²) in [5.74, 6) is 0.436. The molecular weight excluding hydrogens is 505 g/mol. The average molecular weight is 532 g/mol. The molecule has 35 heavy (non-hydrogen) atoms. The predicted octanol–water partition coefficient (Wildman–Crippen LogP) is -4.03. The van der Waals surface area contributed by atoms with Crippen LogP contribution in [0.15, 0.2) is 12.7 Å². The van der Waals surface area contributed by atoms with Crippen LogP contribution < -0.4 is 34.8 Å². The molecule has 0 amide bonds. The molecule has 0 aromatic carbocycles. The maximum atomic E-state index is 11.4. The number of aromatic nitrogens is 4. The fourth-order valence-electron chi connectivity index (χ4n) is 3.54. The standard InChI is InChI=1S/C16H28N6O10P2.Li/c17-5-3-1-2-4-6-18-14-11-15(20-8-19-14)22(9-21-11)16-12(23)13(32-34(27,28)29)10(31-16)7-30-33(24,25)26;/h8-10,12-13,16,23H,1-7,17H2,(H,18,19,20)(H2,24,25,26)(H2,27,28,29);/q;+1/p-1/t10-,12-,13-,16-;/m1./s1. The normalized spacial score (nSPS) is 24.3.